The van der Waals surface area contributed by atoms with Crippen LogP contribution in [0.15, 0.2) is 11.6 Å². The molecule has 64 valence electrons. The Hall–Kier alpha value is -1.25. The van der Waals surface area contributed by atoms with Gasteiger partial charge in [0.1, 0.15) is 11.7 Å². The average Bonchev–Trinajstić information content (AvgIpc) is 2.30. The number of carbonyl (C=O) groups is 3. The van der Waals surface area contributed by atoms with Crippen molar-refractivity contribution < 1.29 is 14.4 Å². The Kier molecular flexibility index (Phi) is 2.22. The van der Waals surface area contributed by atoms with Gasteiger partial charge in [-0.3, -0.25) is 14.4 Å². The molecule has 0 amide bonds. The first kappa shape index (κ1) is 8.84. The van der Waals surface area contributed by atoms with Crippen LogP contribution in [0.5, 0.6) is 0 Å². The van der Waals surface area contributed by atoms with Gasteiger partial charge in [0.25, 0.3) is 0 Å². The zero-order valence-electron chi connectivity index (χ0n) is 7.09. The predicted molar refractivity (Wildman–Crippen MR) is 42.6 cm³/mol. The van der Waals surface area contributed by atoms with Crippen molar-refractivity contribution in [3.8, 4) is 0 Å². The third-order valence-electron chi connectivity index (χ3n) is 1.97. The zero-order valence-corrected chi connectivity index (χ0v) is 7.09. The number of ketones is 3. The maximum Gasteiger partial charge on any atom is 0.156 e. The van der Waals surface area contributed by atoms with Crippen LogP contribution in [0.2, 0.25) is 0 Å². The van der Waals surface area contributed by atoms with Crippen LogP contribution in [-0.2, 0) is 14.4 Å². The van der Waals surface area contributed by atoms with Crippen LogP contribution in [-0.4, -0.2) is 17.3 Å². The minimum absolute atomic E-state index is 0.160. The number of allylic oxidation sites excluding steroid dienone is 2. The van der Waals surface area contributed by atoms with Crippen LogP contribution in [0.4, 0.5) is 0 Å². The summed E-state index contributed by atoms with van der Waals surface area (Å²) in [7, 11) is 0. The predicted octanol–water partition coefficient (Wildman–Crippen LogP) is 0.680. The first-order valence-electron chi connectivity index (χ1n) is 3.78. The molecule has 1 unspecified atom stereocenters. The van der Waals surface area contributed by atoms with Crippen molar-refractivity contribution in [2.75, 3.05) is 0 Å². The van der Waals surface area contributed by atoms with Crippen molar-refractivity contribution in [1.29, 1.82) is 0 Å². The first-order chi connectivity index (χ1) is 5.54. The SMILES string of the molecule is CC(=O)C1=CCC(=O)C1C(C)=O. The van der Waals surface area contributed by atoms with Crippen molar-refractivity contribution in [1.82, 2.24) is 0 Å². The van der Waals surface area contributed by atoms with Crippen molar-refractivity contribution >= 4 is 17.3 Å². The summed E-state index contributed by atoms with van der Waals surface area (Å²) in [5, 5.41) is 0. The van der Waals surface area contributed by atoms with E-state index >= 15 is 0 Å². The van der Waals surface area contributed by atoms with Crippen molar-refractivity contribution in [2.45, 2.75) is 20.3 Å². The van der Waals surface area contributed by atoms with Crippen LogP contribution >= 0.6 is 0 Å². The molecular formula is C9H10O3. The second-order valence-electron chi connectivity index (χ2n) is 2.93. The van der Waals surface area contributed by atoms with Gasteiger partial charge in [0.15, 0.2) is 11.6 Å². The summed E-state index contributed by atoms with van der Waals surface area (Å²) < 4.78 is 0. The maximum absolute atomic E-state index is 11.1. The quantitative estimate of drug-likeness (QED) is 0.567. The minimum Gasteiger partial charge on any atom is -0.299 e. The summed E-state index contributed by atoms with van der Waals surface area (Å²) in [4.78, 5) is 33.0. The standard InChI is InChI=1S/C9H10O3/c1-5(10)7-3-4-8(12)9(7)6(2)11/h3,9H,4H2,1-2H3. The van der Waals surface area contributed by atoms with Crippen molar-refractivity contribution in [3.63, 3.8) is 0 Å². The molecule has 0 saturated heterocycles. The fourth-order valence-corrected chi connectivity index (χ4v) is 1.41. The van der Waals surface area contributed by atoms with Gasteiger partial charge in [-0.2, -0.15) is 0 Å². The Morgan fingerprint density at radius 3 is 2.33 bits per heavy atom. The highest BCUT2D eigenvalue weighted by Gasteiger charge is 2.33. The highest BCUT2D eigenvalue weighted by Crippen LogP contribution is 2.23. The molecule has 0 aliphatic heterocycles. The smallest absolute Gasteiger partial charge is 0.156 e. The van der Waals surface area contributed by atoms with E-state index in [9.17, 15) is 14.4 Å². The lowest BCUT2D eigenvalue weighted by Crippen LogP contribution is -2.21. The lowest BCUT2D eigenvalue weighted by atomic mass is 9.94. The monoisotopic (exact) mass is 166 g/mol. The fraction of sp³-hybridized carbons (Fsp3) is 0.444. The van der Waals surface area contributed by atoms with E-state index in [2.05, 4.69) is 0 Å². The van der Waals surface area contributed by atoms with Gasteiger partial charge in [0.05, 0.1) is 0 Å². The summed E-state index contributed by atoms with van der Waals surface area (Å²) >= 11 is 0. The summed E-state index contributed by atoms with van der Waals surface area (Å²) in [5.41, 5.74) is 0.368. The summed E-state index contributed by atoms with van der Waals surface area (Å²) in [6.45, 7) is 2.71. The summed E-state index contributed by atoms with van der Waals surface area (Å²) in [6.07, 6.45) is 1.77. The zero-order chi connectivity index (χ0) is 9.30. The topological polar surface area (TPSA) is 51.2 Å². The van der Waals surface area contributed by atoms with E-state index in [4.69, 9.17) is 0 Å². The van der Waals surface area contributed by atoms with E-state index in [1.54, 1.807) is 6.08 Å². The van der Waals surface area contributed by atoms with Gasteiger partial charge in [-0.25, -0.2) is 0 Å². The van der Waals surface area contributed by atoms with Gasteiger partial charge >= 0.3 is 0 Å². The Morgan fingerprint density at radius 1 is 1.42 bits per heavy atom. The molecule has 1 atom stereocenters. The summed E-state index contributed by atoms with van der Waals surface area (Å²) in [5.74, 6) is -1.35. The second kappa shape index (κ2) is 3.01. The Labute approximate surface area is 70.4 Å². The fourth-order valence-electron chi connectivity index (χ4n) is 1.41. The lowest BCUT2D eigenvalue weighted by Gasteiger charge is -2.05. The molecule has 0 aromatic rings. The van der Waals surface area contributed by atoms with Crippen LogP contribution in [0.25, 0.3) is 0 Å². The third-order valence-corrected chi connectivity index (χ3v) is 1.97. The van der Waals surface area contributed by atoms with Crippen molar-refractivity contribution in [3.05, 3.63) is 11.6 Å². The molecule has 1 aliphatic carbocycles. The van der Waals surface area contributed by atoms with Crippen LogP contribution in [0.1, 0.15) is 20.3 Å². The van der Waals surface area contributed by atoms with E-state index < -0.39 is 5.92 Å². The lowest BCUT2D eigenvalue weighted by molar-refractivity contribution is -0.130. The van der Waals surface area contributed by atoms with Gasteiger partial charge < -0.3 is 0 Å². The number of Topliss-reactive ketones (excluding diaryl/α,β-unsaturated/α-hetero) is 3. The Morgan fingerprint density at radius 2 is 2.00 bits per heavy atom. The molecule has 12 heavy (non-hydrogen) atoms. The number of hydrogen-bond donors (Lipinski definition) is 0. The third kappa shape index (κ3) is 1.35. The molecule has 0 saturated carbocycles. The van der Waals surface area contributed by atoms with Crippen molar-refractivity contribution in [2.24, 2.45) is 5.92 Å². The van der Waals surface area contributed by atoms with Gasteiger partial charge in [-0.1, -0.05) is 6.08 Å². The second-order valence-corrected chi connectivity index (χ2v) is 2.93. The molecule has 3 heteroatoms. The van der Waals surface area contributed by atoms with Gasteiger partial charge in [-0.05, 0) is 13.8 Å². The Balaban J connectivity index is 2.96. The number of carbonyl (C=O) groups excluding carboxylic acids is 3. The molecule has 0 aromatic heterocycles. The first-order valence-corrected chi connectivity index (χ1v) is 3.78. The summed E-state index contributed by atoms with van der Waals surface area (Å²) in [6, 6.07) is 0. The van der Waals surface area contributed by atoms with Crippen LogP contribution in [0, 0.1) is 5.92 Å². The molecular weight excluding hydrogens is 156 g/mol. The molecule has 3 nitrogen and oxygen atoms in total. The molecule has 0 radical (unpaired) electrons. The van der Waals surface area contributed by atoms with E-state index in [-0.39, 0.29) is 23.8 Å². The highest BCUT2D eigenvalue weighted by atomic mass is 16.2. The highest BCUT2D eigenvalue weighted by molar-refractivity contribution is 6.15. The minimum atomic E-state index is -0.775. The van der Waals surface area contributed by atoms with Gasteiger partial charge in [-0.15, -0.1) is 0 Å². The maximum atomic E-state index is 11.1. The molecule has 0 aromatic carbocycles. The number of hydrogen-bond acceptors (Lipinski definition) is 3. The van der Waals surface area contributed by atoms with E-state index in [1.807, 2.05) is 0 Å². The average molecular weight is 166 g/mol. The van der Waals surface area contributed by atoms with E-state index in [0.29, 0.717) is 5.57 Å². The van der Waals surface area contributed by atoms with Crippen LogP contribution < -0.4 is 0 Å². The molecule has 0 bridgehead atoms. The van der Waals surface area contributed by atoms with Crippen LogP contribution in [0.3, 0.4) is 0 Å². The molecule has 0 heterocycles. The van der Waals surface area contributed by atoms with Gasteiger partial charge in [0.2, 0.25) is 0 Å². The van der Waals surface area contributed by atoms with E-state index in [1.165, 1.54) is 13.8 Å². The van der Waals surface area contributed by atoms with Gasteiger partial charge in [0, 0.05) is 12.0 Å². The molecule has 1 aliphatic rings. The number of rotatable bonds is 2. The molecule has 1 rings (SSSR count). The largest absolute Gasteiger partial charge is 0.299 e. The Bertz CT molecular complexity index is 286. The van der Waals surface area contributed by atoms with E-state index in [0.717, 1.165) is 0 Å². The normalized spacial score (nSPS) is 22.3. The molecule has 0 spiro atoms. The molecule has 0 fully saturated rings. The molecule has 0 N–H and O–H groups in total.